The van der Waals surface area contributed by atoms with Crippen LogP contribution < -0.4 is 16.6 Å². The van der Waals surface area contributed by atoms with Gasteiger partial charge in [-0.15, -0.1) is 0 Å². The van der Waals surface area contributed by atoms with Crippen molar-refractivity contribution in [3.05, 3.63) is 28.8 Å². The van der Waals surface area contributed by atoms with Crippen molar-refractivity contribution in [1.82, 2.24) is 5.32 Å². The molecule has 1 saturated carbocycles. The van der Waals surface area contributed by atoms with Crippen LogP contribution in [0.1, 0.15) is 38.1 Å². The summed E-state index contributed by atoms with van der Waals surface area (Å²) in [6.45, 7) is 9.59. The lowest BCUT2D eigenvalue weighted by molar-refractivity contribution is 0.0950. The summed E-state index contributed by atoms with van der Waals surface area (Å²) in [4.78, 5) is 12.3. The van der Waals surface area contributed by atoms with E-state index < -0.39 is 0 Å². The van der Waals surface area contributed by atoms with E-state index in [1.54, 1.807) is 18.2 Å². The van der Waals surface area contributed by atoms with Gasteiger partial charge < -0.3 is 10.7 Å². The van der Waals surface area contributed by atoms with Gasteiger partial charge in [0, 0.05) is 11.6 Å². The van der Waals surface area contributed by atoms with Crippen LogP contribution in [-0.4, -0.2) is 12.5 Å². The van der Waals surface area contributed by atoms with Gasteiger partial charge in [-0.1, -0.05) is 39.3 Å². The maximum atomic E-state index is 12.3. The molecule has 1 aromatic rings. The monoisotopic (exact) mass is 295 g/mol. The van der Waals surface area contributed by atoms with E-state index in [2.05, 4.69) is 38.4 Å². The summed E-state index contributed by atoms with van der Waals surface area (Å²) in [6.07, 6.45) is 0. The molecule has 1 aromatic carbocycles. The Morgan fingerprint density at radius 3 is 2.40 bits per heavy atom. The van der Waals surface area contributed by atoms with Crippen LogP contribution in [0.3, 0.4) is 0 Å². The summed E-state index contributed by atoms with van der Waals surface area (Å²) in [7, 11) is 0. The van der Waals surface area contributed by atoms with Crippen molar-refractivity contribution in [2.45, 2.75) is 27.7 Å². The Balaban J connectivity index is 2.05. The van der Waals surface area contributed by atoms with Crippen molar-refractivity contribution in [2.24, 2.45) is 22.6 Å². The summed E-state index contributed by atoms with van der Waals surface area (Å²) in [5, 5.41) is 3.50. The minimum absolute atomic E-state index is 0.154. The lowest BCUT2D eigenvalue weighted by Gasteiger charge is -2.11. The first-order chi connectivity index (χ1) is 9.21. The molecule has 110 valence electrons. The predicted octanol–water partition coefficient (Wildman–Crippen LogP) is 3.04. The third-order valence-electron chi connectivity index (χ3n) is 5.17. The van der Waals surface area contributed by atoms with Gasteiger partial charge in [0.05, 0.1) is 11.3 Å². The fourth-order valence-electron chi connectivity index (χ4n) is 2.96. The fourth-order valence-corrected chi connectivity index (χ4v) is 3.14. The Morgan fingerprint density at radius 2 is 1.90 bits per heavy atom. The number of anilines is 1. The molecule has 0 heterocycles. The molecule has 0 bridgehead atoms. The van der Waals surface area contributed by atoms with Gasteiger partial charge in [0.1, 0.15) is 0 Å². The number of hydrogen-bond acceptors (Lipinski definition) is 3. The SMILES string of the molecule is CC1(C)C(CNC(=O)c2cc(Cl)ccc2NN)C1(C)C. The lowest BCUT2D eigenvalue weighted by Crippen LogP contribution is -2.28. The number of benzene rings is 1. The number of nitrogens with two attached hydrogens (primary N) is 1. The number of rotatable bonds is 4. The second-order valence-electron chi connectivity index (χ2n) is 6.54. The maximum Gasteiger partial charge on any atom is 0.253 e. The van der Waals surface area contributed by atoms with Crippen molar-refractivity contribution >= 4 is 23.2 Å². The number of carbonyl (C=O) groups excluding carboxylic acids is 1. The van der Waals surface area contributed by atoms with Gasteiger partial charge >= 0.3 is 0 Å². The van der Waals surface area contributed by atoms with Gasteiger partial charge in [-0.2, -0.15) is 0 Å². The largest absolute Gasteiger partial charge is 0.352 e. The normalized spacial score (nSPS) is 19.5. The minimum Gasteiger partial charge on any atom is -0.352 e. The molecule has 4 nitrogen and oxygen atoms in total. The lowest BCUT2D eigenvalue weighted by atomic mass is 10.0. The highest BCUT2D eigenvalue weighted by molar-refractivity contribution is 6.31. The van der Waals surface area contributed by atoms with E-state index in [0.717, 1.165) is 0 Å². The predicted molar refractivity (Wildman–Crippen MR) is 82.6 cm³/mol. The van der Waals surface area contributed by atoms with E-state index in [0.29, 0.717) is 28.7 Å². The van der Waals surface area contributed by atoms with Crippen LogP contribution in [0.15, 0.2) is 18.2 Å². The van der Waals surface area contributed by atoms with Crippen LogP contribution in [-0.2, 0) is 0 Å². The van der Waals surface area contributed by atoms with Crippen molar-refractivity contribution in [2.75, 3.05) is 12.0 Å². The highest BCUT2D eigenvalue weighted by atomic mass is 35.5. The topological polar surface area (TPSA) is 67.2 Å². The first-order valence-electron chi connectivity index (χ1n) is 6.76. The van der Waals surface area contributed by atoms with Gasteiger partial charge in [0.25, 0.3) is 5.91 Å². The zero-order valence-corrected chi connectivity index (χ0v) is 13.1. The highest BCUT2D eigenvalue weighted by Crippen LogP contribution is 2.67. The average molecular weight is 296 g/mol. The average Bonchev–Trinajstić information content (AvgIpc) is 2.76. The molecule has 0 unspecified atom stereocenters. The molecular weight excluding hydrogens is 274 g/mol. The van der Waals surface area contributed by atoms with Gasteiger partial charge in [0.2, 0.25) is 0 Å². The Morgan fingerprint density at radius 1 is 1.30 bits per heavy atom. The molecular formula is C15H22ClN3O. The first kappa shape index (κ1) is 15.1. The molecule has 0 aliphatic heterocycles. The van der Waals surface area contributed by atoms with Crippen molar-refractivity contribution in [1.29, 1.82) is 0 Å². The number of carbonyl (C=O) groups is 1. The van der Waals surface area contributed by atoms with Crippen molar-refractivity contribution in [3.63, 3.8) is 0 Å². The molecule has 0 spiro atoms. The highest BCUT2D eigenvalue weighted by Gasteiger charge is 2.64. The molecule has 1 aliphatic rings. The van der Waals surface area contributed by atoms with E-state index in [-0.39, 0.29) is 16.7 Å². The Bertz CT molecular complexity index is 526. The van der Waals surface area contributed by atoms with Crippen LogP contribution >= 0.6 is 11.6 Å². The van der Waals surface area contributed by atoms with Crippen LogP contribution in [0, 0.1) is 16.7 Å². The van der Waals surface area contributed by atoms with E-state index >= 15 is 0 Å². The summed E-state index contributed by atoms with van der Waals surface area (Å²) >= 11 is 5.93. The Kier molecular flexibility index (Phi) is 3.73. The van der Waals surface area contributed by atoms with E-state index in [1.807, 2.05) is 0 Å². The Labute approximate surface area is 125 Å². The molecule has 0 radical (unpaired) electrons. The fraction of sp³-hybridized carbons (Fsp3) is 0.533. The first-order valence-corrected chi connectivity index (χ1v) is 7.14. The van der Waals surface area contributed by atoms with E-state index in [1.165, 1.54) is 0 Å². The van der Waals surface area contributed by atoms with Crippen LogP contribution in [0.4, 0.5) is 5.69 Å². The zero-order valence-electron chi connectivity index (χ0n) is 12.4. The zero-order chi connectivity index (χ0) is 15.1. The standard InChI is InChI=1S/C15H22ClN3O/c1-14(2)12(15(14,3)4)8-18-13(20)10-7-9(16)5-6-11(10)19-17/h5-7,12,19H,8,17H2,1-4H3,(H,18,20). The summed E-state index contributed by atoms with van der Waals surface area (Å²) < 4.78 is 0. The van der Waals surface area contributed by atoms with Crippen LogP contribution in [0.5, 0.6) is 0 Å². The van der Waals surface area contributed by atoms with Gasteiger partial charge in [-0.05, 0) is 34.9 Å². The summed E-state index contributed by atoms with van der Waals surface area (Å²) in [5.41, 5.74) is 4.07. The smallest absolute Gasteiger partial charge is 0.253 e. The summed E-state index contributed by atoms with van der Waals surface area (Å²) in [5.74, 6) is 5.75. The molecule has 0 saturated heterocycles. The molecule has 1 aliphatic carbocycles. The number of hydrazine groups is 1. The molecule has 2 rings (SSSR count). The third-order valence-corrected chi connectivity index (χ3v) is 5.40. The van der Waals surface area contributed by atoms with Crippen molar-refractivity contribution in [3.8, 4) is 0 Å². The second-order valence-corrected chi connectivity index (χ2v) is 6.98. The number of halogens is 1. The third kappa shape index (κ3) is 2.38. The van der Waals surface area contributed by atoms with Gasteiger partial charge in [-0.3, -0.25) is 10.6 Å². The molecule has 0 atom stereocenters. The minimum atomic E-state index is -0.154. The van der Waals surface area contributed by atoms with E-state index in [9.17, 15) is 4.79 Å². The quantitative estimate of drug-likeness (QED) is 0.591. The van der Waals surface area contributed by atoms with Crippen LogP contribution in [0.2, 0.25) is 5.02 Å². The molecule has 1 fully saturated rings. The molecule has 0 aromatic heterocycles. The maximum absolute atomic E-state index is 12.3. The second kappa shape index (κ2) is 4.93. The van der Waals surface area contributed by atoms with Crippen molar-refractivity contribution < 1.29 is 4.79 Å². The van der Waals surface area contributed by atoms with Gasteiger partial charge in [0.15, 0.2) is 0 Å². The molecule has 1 amide bonds. The number of amides is 1. The number of nitrogen functional groups attached to an aromatic ring is 1. The van der Waals surface area contributed by atoms with E-state index in [4.69, 9.17) is 17.4 Å². The van der Waals surface area contributed by atoms with Crippen LogP contribution in [0.25, 0.3) is 0 Å². The molecule has 20 heavy (non-hydrogen) atoms. The molecule has 5 heteroatoms. The molecule has 4 N–H and O–H groups in total. The van der Waals surface area contributed by atoms with Gasteiger partial charge in [-0.25, -0.2) is 0 Å². The number of hydrogen-bond donors (Lipinski definition) is 3. The number of nitrogens with one attached hydrogen (secondary N) is 2. The summed E-state index contributed by atoms with van der Waals surface area (Å²) in [6, 6.07) is 5.01. The Hall–Kier alpha value is -1.26.